The summed E-state index contributed by atoms with van der Waals surface area (Å²) >= 11 is 0. The Kier molecular flexibility index (Phi) is 4.69. The zero-order chi connectivity index (χ0) is 17.3. The van der Waals surface area contributed by atoms with Crippen LogP contribution in [0.2, 0.25) is 5.04 Å². The maximum atomic E-state index is 11.1. The van der Waals surface area contributed by atoms with Gasteiger partial charge < -0.3 is 9.53 Å². The van der Waals surface area contributed by atoms with Gasteiger partial charge >= 0.3 is 0 Å². The van der Waals surface area contributed by atoms with Crippen LogP contribution >= 0.6 is 0 Å². The van der Waals surface area contributed by atoms with Crippen LogP contribution in [-0.4, -0.2) is 19.2 Å². The Morgan fingerprint density at radius 1 is 0.833 bits per heavy atom. The summed E-state index contributed by atoms with van der Waals surface area (Å²) in [6.45, 7) is 6.74. The monoisotopic (exact) mass is 340 g/mol. The molecule has 0 heterocycles. The van der Waals surface area contributed by atoms with Crippen LogP contribution in [0.4, 0.5) is 0 Å². The molecule has 2 nitrogen and oxygen atoms in total. The SMILES string of the molecule is CC(C)(C)[Si](OC1(O)CCCC1)(c1ccccc1)c1ccccc1. The molecule has 0 unspecified atom stereocenters. The number of aliphatic hydroxyl groups is 1. The fraction of sp³-hybridized carbons (Fsp3) is 0.429. The highest BCUT2D eigenvalue weighted by molar-refractivity contribution is 6.99. The van der Waals surface area contributed by atoms with Crippen molar-refractivity contribution in [2.45, 2.75) is 57.3 Å². The minimum atomic E-state index is -2.64. The fourth-order valence-corrected chi connectivity index (χ4v) is 8.67. The van der Waals surface area contributed by atoms with E-state index in [-0.39, 0.29) is 5.04 Å². The highest BCUT2D eigenvalue weighted by Crippen LogP contribution is 2.42. The molecule has 1 fully saturated rings. The Balaban J connectivity index is 2.21. The molecule has 128 valence electrons. The van der Waals surface area contributed by atoms with Crippen LogP contribution < -0.4 is 10.4 Å². The Hall–Kier alpha value is -1.42. The lowest BCUT2D eigenvalue weighted by molar-refractivity contribution is -0.137. The normalized spacial score (nSPS) is 17.8. The molecular weight excluding hydrogens is 312 g/mol. The lowest BCUT2D eigenvalue weighted by atomic mass is 10.2. The molecule has 0 radical (unpaired) electrons. The lowest BCUT2D eigenvalue weighted by Gasteiger charge is -2.47. The van der Waals surface area contributed by atoms with E-state index < -0.39 is 14.1 Å². The summed E-state index contributed by atoms with van der Waals surface area (Å²) in [4.78, 5) is 0. The number of benzene rings is 2. The van der Waals surface area contributed by atoms with Gasteiger partial charge in [0.05, 0.1) is 0 Å². The standard InChI is InChI=1S/C21H28O2Si/c1-20(2,3)24(18-12-6-4-7-13-18,19-14-8-5-9-15-19)23-21(22)16-10-11-17-21/h4-9,12-15,22H,10-11,16-17H2,1-3H3. The molecule has 2 aromatic carbocycles. The van der Waals surface area contributed by atoms with Gasteiger partial charge in [0.15, 0.2) is 5.79 Å². The smallest absolute Gasteiger partial charge is 0.264 e. The molecule has 3 rings (SSSR count). The van der Waals surface area contributed by atoms with Crippen molar-refractivity contribution in [3.05, 3.63) is 60.7 Å². The Labute approximate surface area is 146 Å². The van der Waals surface area contributed by atoms with Crippen LogP contribution in [0, 0.1) is 0 Å². The number of rotatable bonds is 4. The van der Waals surface area contributed by atoms with Crippen molar-refractivity contribution in [1.29, 1.82) is 0 Å². The predicted octanol–water partition coefficient (Wildman–Crippen LogP) is 3.83. The zero-order valence-corrected chi connectivity index (χ0v) is 16.0. The van der Waals surface area contributed by atoms with E-state index in [1.807, 2.05) is 12.1 Å². The van der Waals surface area contributed by atoms with Gasteiger partial charge in [-0.05, 0) is 28.3 Å². The van der Waals surface area contributed by atoms with Crippen LogP contribution in [-0.2, 0) is 4.43 Å². The summed E-state index contributed by atoms with van der Waals surface area (Å²) in [6.07, 6.45) is 3.54. The van der Waals surface area contributed by atoms with Crippen LogP contribution in [0.3, 0.4) is 0 Å². The summed E-state index contributed by atoms with van der Waals surface area (Å²) in [6, 6.07) is 21.1. The van der Waals surface area contributed by atoms with Gasteiger partial charge in [-0.25, -0.2) is 0 Å². The van der Waals surface area contributed by atoms with E-state index in [4.69, 9.17) is 4.43 Å². The van der Waals surface area contributed by atoms with Crippen LogP contribution in [0.1, 0.15) is 46.5 Å². The molecule has 0 aromatic heterocycles. The topological polar surface area (TPSA) is 29.5 Å². The highest BCUT2D eigenvalue weighted by Gasteiger charge is 2.54. The van der Waals surface area contributed by atoms with Crippen molar-refractivity contribution in [3.63, 3.8) is 0 Å². The molecular formula is C21H28O2Si. The van der Waals surface area contributed by atoms with E-state index in [9.17, 15) is 5.11 Å². The minimum absolute atomic E-state index is 0.0893. The molecule has 0 spiro atoms. The van der Waals surface area contributed by atoms with Gasteiger partial charge in [-0.3, -0.25) is 0 Å². The predicted molar refractivity (Wildman–Crippen MR) is 102 cm³/mol. The molecule has 24 heavy (non-hydrogen) atoms. The maximum Gasteiger partial charge on any atom is 0.264 e. The summed E-state index contributed by atoms with van der Waals surface area (Å²) in [5.41, 5.74) is 0. The van der Waals surface area contributed by atoms with Crippen molar-refractivity contribution in [2.75, 3.05) is 0 Å². The first kappa shape index (κ1) is 17.4. The molecule has 0 saturated heterocycles. The fourth-order valence-electron chi connectivity index (χ4n) is 3.96. The highest BCUT2D eigenvalue weighted by atomic mass is 28.4. The molecule has 0 bridgehead atoms. The molecule has 0 atom stereocenters. The largest absolute Gasteiger partial charge is 0.380 e. The second kappa shape index (κ2) is 6.47. The molecule has 0 aliphatic heterocycles. The van der Waals surface area contributed by atoms with Gasteiger partial charge in [-0.1, -0.05) is 81.4 Å². The van der Waals surface area contributed by atoms with E-state index in [0.29, 0.717) is 0 Å². The van der Waals surface area contributed by atoms with Gasteiger partial charge in [-0.15, -0.1) is 0 Å². The van der Waals surface area contributed by atoms with Gasteiger partial charge in [0.1, 0.15) is 0 Å². The van der Waals surface area contributed by atoms with Crippen molar-refractivity contribution in [1.82, 2.24) is 0 Å². The summed E-state index contributed by atoms with van der Waals surface area (Å²) in [5, 5.41) is 13.5. The number of hydrogen-bond donors (Lipinski definition) is 1. The second-order valence-electron chi connectivity index (χ2n) is 7.92. The molecule has 2 aromatic rings. The van der Waals surface area contributed by atoms with Crippen molar-refractivity contribution in [2.24, 2.45) is 0 Å². The molecule has 1 saturated carbocycles. The first-order chi connectivity index (χ1) is 11.4. The van der Waals surface area contributed by atoms with Gasteiger partial charge in [0.25, 0.3) is 8.32 Å². The average molecular weight is 341 g/mol. The first-order valence-corrected chi connectivity index (χ1v) is 10.8. The van der Waals surface area contributed by atoms with Crippen molar-refractivity contribution >= 4 is 18.7 Å². The number of hydrogen-bond acceptors (Lipinski definition) is 2. The van der Waals surface area contributed by atoms with E-state index in [2.05, 4.69) is 69.3 Å². The van der Waals surface area contributed by atoms with Gasteiger partial charge in [-0.2, -0.15) is 0 Å². The van der Waals surface area contributed by atoms with Gasteiger partial charge in [0.2, 0.25) is 0 Å². The van der Waals surface area contributed by atoms with E-state index in [1.165, 1.54) is 10.4 Å². The first-order valence-electron chi connectivity index (χ1n) is 8.91. The minimum Gasteiger partial charge on any atom is -0.380 e. The Bertz CT molecular complexity index is 616. The Morgan fingerprint density at radius 2 is 1.25 bits per heavy atom. The third-order valence-electron chi connectivity index (χ3n) is 5.14. The van der Waals surface area contributed by atoms with Crippen molar-refractivity contribution in [3.8, 4) is 0 Å². The third-order valence-corrected chi connectivity index (χ3v) is 10.2. The quantitative estimate of drug-likeness (QED) is 0.677. The van der Waals surface area contributed by atoms with Gasteiger partial charge in [0, 0.05) is 12.8 Å². The van der Waals surface area contributed by atoms with Crippen LogP contribution in [0.25, 0.3) is 0 Å². The van der Waals surface area contributed by atoms with Crippen LogP contribution in [0.15, 0.2) is 60.7 Å². The molecule has 0 amide bonds. The van der Waals surface area contributed by atoms with Crippen LogP contribution in [0.5, 0.6) is 0 Å². The molecule has 1 aliphatic carbocycles. The Morgan fingerprint density at radius 3 is 1.62 bits per heavy atom. The summed E-state index contributed by atoms with van der Waals surface area (Å²) in [7, 11) is -2.64. The maximum absolute atomic E-state index is 11.1. The van der Waals surface area contributed by atoms with Crippen molar-refractivity contribution < 1.29 is 9.53 Å². The molecule has 3 heteroatoms. The summed E-state index contributed by atoms with van der Waals surface area (Å²) < 4.78 is 6.82. The third kappa shape index (κ3) is 3.08. The summed E-state index contributed by atoms with van der Waals surface area (Å²) in [5.74, 6) is -0.995. The zero-order valence-electron chi connectivity index (χ0n) is 15.0. The molecule has 1 N–H and O–H groups in total. The van der Waals surface area contributed by atoms with E-state index in [0.717, 1.165) is 25.7 Å². The lowest BCUT2D eigenvalue weighted by Crippen LogP contribution is -2.69. The second-order valence-corrected chi connectivity index (χ2v) is 12.1. The average Bonchev–Trinajstić information content (AvgIpc) is 3.00. The van der Waals surface area contributed by atoms with E-state index in [1.54, 1.807) is 0 Å². The molecule has 1 aliphatic rings. The van der Waals surface area contributed by atoms with E-state index >= 15 is 0 Å².